The van der Waals surface area contributed by atoms with Gasteiger partial charge >= 0.3 is 5.97 Å². The molecule has 0 radical (unpaired) electrons. The molecule has 0 spiro atoms. The molecule has 1 aromatic heterocycles. The molecule has 1 rings (SSSR count). The van der Waals surface area contributed by atoms with Crippen LogP contribution in [0.4, 0.5) is 0 Å². The zero-order chi connectivity index (χ0) is 6.85. The Hall–Kier alpha value is -0.840. The van der Waals surface area contributed by atoms with Crippen LogP contribution in [-0.2, 0) is 0 Å². The molecule has 0 aromatic carbocycles. The number of hydrogen-bond donors (Lipinski definition) is 1. The second-order valence-corrected chi connectivity index (χ2v) is 1.96. The van der Waals surface area contributed by atoms with Crippen molar-refractivity contribution >= 4 is 21.9 Å². The van der Waals surface area contributed by atoms with Crippen molar-refractivity contribution in [2.45, 2.75) is 0 Å². The SMILES string of the molecule is O=C(O)c1cnc(Br)o1. The maximum atomic E-state index is 10.1. The van der Waals surface area contributed by atoms with Crippen LogP contribution in [0.1, 0.15) is 10.6 Å². The lowest BCUT2D eigenvalue weighted by molar-refractivity contribution is 0.0661. The van der Waals surface area contributed by atoms with Gasteiger partial charge in [-0.15, -0.1) is 0 Å². The maximum absolute atomic E-state index is 10.1. The summed E-state index contributed by atoms with van der Waals surface area (Å²) in [5.41, 5.74) is 0. The molecule has 0 fully saturated rings. The number of nitrogens with zero attached hydrogens (tertiary/aromatic N) is 1. The van der Waals surface area contributed by atoms with Crippen molar-refractivity contribution < 1.29 is 14.3 Å². The van der Waals surface area contributed by atoms with Gasteiger partial charge < -0.3 is 9.52 Å². The molecular formula is C4H2BrNO3. The van der Waals surface area contributed by atoms with Gasteiger partial charge in [-0.25, -0.2) is 9.78 Å². The number of halogens is 1. The molecule has 0 aliphatic rings. The van der Waals surface area contributed by atoms with Crippen molar-refractivity contribution in [1.82, 2.24) is 4.98 Å². The highest BCUT2D eigenvalue weighted by atomic mass is 79.9. The molecule has 0 aliphatic heterocycles. The predicted octanol–water partition coefficient (Wildman–Crippen LogP) is 1.14. The molecule has 48 valence electrons. The lowest BCUT2D eigenvalue weighted by Crippen LogP contribution is -1.91. The van der Waals surface area contributed by atoms with E-state index in [9.17, 15) is 4.79 Å². The second kappa shape index (κ2) is 2.18. The number of carboxylic acids is 1. The number of rotatable bonds is 1. The molecule has 5 heteroatoms. The fraction of sp³-hybridized carbons (Fsp3) is 0. The number of aromatic nitrogens is 1. The van der Waals surface area contributed by atoms with Crippen LogP contribution in [0.5, 0.6) is 0 Å². The third kappa shape index (κ3) is 1.29. The molecule has 0 amide bonds. The van der Waals surface area contributed by atoms with E-state index >= 15 is 0 Å². The van der Waals surface area contributed by atoms with E-state index in [0.29, 0.717) is 0 Å². The standard InChI is InChI=1S/C4H2BrNO3/c5-4-6-1-2(9-4)3(7)8/h1H,(H,7,8). The summed E-state index contributed by atoms with van der Waals surface area (Å²) in [6.07, 6.45) is 1.13. The summed E-state index contributed by atoms with van der Waals surface area (Å²) < 4.78 is 4.55. The highest BCUT2D eigenvalue weighted by Gasteiger charge is 2.07. The minimum Gasteiger partial charge on any atom is -0.475 e. The molecule has 0 aliphatic carbocycles. The molecule has 0 atom stereocenters. The van der Waals surface area contributed by atoms with Gasteiger partial charge in [0.05, 0.1) is 6.20 Å². The lowest BCUT2D eigenvalue weighted by Gasteiger charge is -1.79. The van der Waals surface area contributed by atoms with E-state index in [1.54, 1.807) is 0 Å². The van der Waals surface area contributed by atoms with Gasteiger partial charge in [-0.2, -0.15) is 0 Å². The van der Waals surface area contributed by atoms with Crippen LogP contribution in [0.15, 0.2) is 15.4 Å². The lowest BCUT2D eigenvalue weighted by atomic mass is 10.5. The van der Waals surface area contributed by atoms with Crippen LogP contribution in [0.2, 0.25) is 0 Å². The number of aromatic carboxylic acids is 1. The van der Waals surface area contributed by atoms with Crippen LogP contribution < -0.4 is 0 Å². The van der Waals surface area contributed by atoms with Crippen LogP contribution in [0, 0.1) is 0 Å². The molecule has 0 unspecified atom stereocenters. The predicted molar refractivity (Wildman–Crippen MR) is 31.2 cm³/mol. The summed E-state index contributed by atoms with van der Waals surface area (Å²) in [5, 5.41) is 8.24. The molecule has 1 heterocycles. The molecule has 9 heavy (non-hydrogen) atoms. The smallest absolute Gasteiger partial charge is 0.373 e. The van der Waals surface area contributed by atoms with Crippen molar-refractivity contribution in [1.29, 1.82) is 0 Å². The van der Waals surface area contributed by atoms with E-state index in [4.69, 9.17) is 5.11 Å². The van der Waals surface area contributed by atoms with Crippen molar-refractivity contribution in [3.63, 3.8) is 0 Å². The van der Waals surface area contributed by atoms with E-state index in [2.05, 4.69) is 25.3 Å². The van der Waals surface area contributed by atoms with E-state index in [1.807, 2.05) is 0 Å². The van der Waals surface area contributed by atoms with E-state index < -0.39 is 5.97 Å². The molecule has 1 aromatic rings. The van der Waals surface area contributed by atoms with Gasteiger partial charge in [-0.1, -0.05) is 0 Å². The van der Waals surface area contributed by atoms with Crippen LogP contribution >= 0.6 is 15.9 Å². The number of carboxylic acid groups (broad SMARTS) is 1. The maximum Gasteiger partial charge on any atom is 0.373 e. The number of carbonyl (C=O) groups is 1. The first-order chi connectivity index (χ1) is 4.20. The highest BCUT2D eigenvalue weighted by molar-refractivity contribution is 9.10. The van der Waals surface area contributed by atoms with E-state index in [1.165, 1.54) is 0 Å². The quantitative estimate of drug-likeness (QED) is 0.724. The van der Waals surface area contributed by atoms with Gasteiger partial charge in [0.1, 0.15) is 0 Å². The van der Waals surface area contributed by atoms with Crippen molar-refractivity contribution in [3.8, 4) is 0 Å². The summed E-state index contributed by atoms with van der Waals surface area (Å²) in [7, 11) is 0. The van der Waals surface area contributed by atoms with Crippen molar-refractivity contribution in [2.24, 2.45) is 0 Å². The third-order valence-electron chi connectivity index (χ3n) is 0.688. The first-order valence-electron chi connectivity index (χ1n) is 2.05. The Morgan fingerprint density at radius 2 is 2.56 bits per heavy atom. The summed E-state index contributed by atoms with van der Waals surface area (Å²) in [5.74, 6) is -1.28. The van der Waals surface area contributed by atoms with Gasteiger partial charge in [0.15, 0.2) is 0 Å². The Labute approximate surface area is 58.6 Å². The average Bonchev–Trinajstić information content (AvgIpc) is 2.14. The molecule has 0 bridgehead atoms. The summed E-state index contributed by atoms with van der Waals surface area (Å²) in [6.45, 7) is 0. The summed E-state index contributed by atoms with van der Waals surface area (Å²) in [4.78, 5) is 13.7. The van der Waals surface area contributed by atoms with E-state index in [-0.39, 0.29) is 10.6 Å². The molecule has 4 nitrogen and oxygen atoms in total. The molecule has 1 N–H and O–H groups in total. The minimum absolute atomic E-state index is 0.165. The Morgan fingerprint density at radius 1 is 1.89 bits per heavy atom. The fourth-order valence-electron chi connectivity index (χ4n) is 0.352. The van der Waals surface area contributed by atoms with Gasteiger partial charge in [0.25, 0.3) is 4.80 Å². The van der Waals surface area contributed by atoms with E-state index in [0.717, 1.165) is 6.20 Å². The molecular weight excluding hydrogens is 190 g/mol. The summed E-state index contributed by atoms with van der Waals surface area (Å²) in [6, 6.07) is 0. The molecule has 0 saturated heterocycles. The Kier molecular flexibility index (Phi) is 1.52. The second-order valence-electron chi connectivity index (χ2n) is 1.28. The normalized spacial score (nSPS) is 9.44. The zero-order valence-corrected chi connectivity index (χ0v) is 5.75. The number of hydrogen-bond acceptors (Lipinski definition) is 3. The zero-order valence-electron chi connectivity index (χ0n) is 4.17. The van der Waals surface area contributed by atoms with Crippen LogP contribution in [0.3, 0.4) is 0 Å². The van der Waals surface area contributed by atoms with Crippen molar-refractivity contribution in [3.05, 3.63) is 16.8 Å². The summed E-state index contributed by atoms with van der Waals surface area (Å²) >= 11 is 2.86. The first kappa shape index (κ1) is 6.28. The fourth-order valence-corrected chi connectivity index (χ4v) is 0.628. The van der Waals surface area contributed by atoms with Crippen molar-refractivity contribution in [2.75, 3.05) is 0 Å². The monoisotopic (exact) mass is 191 g/mol. The molecule has 0 saturated carbocycles. The highest BCUT2D eigenvalue weighted by Crippen LogP contribution is 2.08. The average molecular weight is 192 g/mol. The van der Waals surface area contributed by atoms with Gasteiger partial charge in [0.2, 0.25) is 5.76 Å². The van der Waals surface area contributed by atoms with Gasteiger partial charge in [-0.3, -0.25) is 0 Å². The van der Waals surface area contributed by atoms with Gasteiger partial charge in [-0.05, 0) is 0 Å². The van der Waals surface area contributed by atoms with Crippen LogP contribution in [-0.4, -0.2) is 16.1 Å². The Morgan fingerprint density at radius 3 is 2.78 bits per heavy atom. The largest absolute Gasteiger partial charge is 0.475 e. The topological polar surface area (TPSA) is 63.3 Å². The number of oxazole rings is 1. The minimum atomic E-state index is -1.12. The van der Waals surface area contributed by atoms with Gasteiger partial charge in [0, 0.05) is 15.9 Å². The third-order valence-corrected chi connectivity index (χ3v) is 1.05. The Balaban J connectivity index is 2.98. The van der Waals surface area contributed by atoms with Crippen LogP contribution in [0.25, 0.3) is 0 Å². The first-order valence-corrected chi connectivity index (χ1v) is 2.84. The Bertz CT molecular complexity index is 231.